The van der Waals surface area contributed by atoms with Crippen molar-refractivity contribution in [1.29, 1.82) is 0 Å². The molecule has 8 nitrogen and oxygen atoms in total. The van der Waals surface area contributed by atoms with E-state index in [4.69, 9.17) is 0 Å². The molecule has 194 valence electrons. The van der Waals surface area contributed by atoms with Gasteiger partial charge in [0, 0.05) is 18.5 Å². The van der Waals surface area contributed by atoms with E-state index in [0.29, 0.717) is 17.1 Å². The average Bonchev–Trinajstić information content (AvgIpc) is 3.68. The molecule has 0 amide bonds. The minimum absolute atomic E-state index is 0.0678. The quantitative estimate of drug-likeness (QED) is 0.213. The summed E-state index contributed by atoms with van der Waals surface area (Å²) in [5.74, 6) is 0. The van der Waals surface area contributed by atoms with Crippen LogP contribution in [-0.4, -0.2) is 18.1 Å². The van der Waals surface area contributed by atoms with Gasteiger partial charge in [-0.05, 0) is 79.9 Å². The fourth-order valence-electron chi connectivity index (χ4n) is 3.64. The Morgan fingerprint density at radius 1 is 0.789 bits per heavy atom. The molecule has 4 aromatic rings. The second-order valence-electron chi connectivity index (χ2n) is 8.41. The number of thiazole rings is 1. The summed E-state index contributed by atoms with van der Waals surface area (Å²) in [4.78, 5) is 5.80. The van der Waals surface area contributed by atoms with Crippen LogP contribution in [0, 0.1) is 6.92 Å². The summed E-state index contributed by atoms with van der Waals surface area (Å²) in [5, 5.41) is 27.9. The van der Waals surface area contributed by atoms with Gasteiger partial charge in [0.05, 0.1) is 27.8 Å². The van der Waals surface area contributed by atoms with Gasteiger partial charge in [0.2, 0.25) is 5.13 Å². The molecule has 1 saturated heterocycles. The molecule has 0 bridgehead atoms. The first kappa shape index (κ1) is 25.8. The zero-order valence-corrected chi connectivity index (χ0v) is 21.8. The summed E-state index contributed by atoms with van der Waals surface area (Å²) >= 11 is 2.42. The van der Waals surface area contributed by atoms with Crippen molar-refractivity contribution in [3.63, 3.8) is 0 Å². The third-order valence-corrected chi connectivity index (χ3v) is 7.35. The van der Waals surface area contributed by atoms with Gasteiger partial charge in [-0.3, -0.25) is 0 Å². The molecule has 3 heterocycles. The molecule has 0 radical (unpaired) electrons. The van der Waals surface area contributed by atoms with Gasteiger partial charge >= 0.3 is 6.18 Å². The van der Waals surface area contributed by atoms with Crippen LogP contribution in [0.25, 0.3) is 0 Å². The largest absolute Gasteiger partial charge is 0.434 e. The number of hydrogen-bond donors (Lipinski definition) is 0. The molecule has 1 aliphatic rings. The highest BCUT2D eigenvalue weighted by molar-refractivity contribution is 7.19. The van der Waals surface area contributed by atoms with E-state index in [-0.39, 0.29) is 5.13 Å². The van der Waals surface area contributed by atoms with Crippen LogP contribution in [0.15, 0.2) is 90.7 Å². The van der Waals surface area contributed by atoms with Crippen LogP contribution in [0.3, 0.4) is 0 Å². The maximum Gasteiger partial charge on any atom is 0.434 e. The number of halogens is 3. The first-order valence-electron chi connectivity index (χ1n) is 11.7. The number of nitrogens with zero attached hydrogens (tertiary/aromatic N) is 8. The third-order valence-electron chi connectivity index (χ3n) is 5.60. The second kappa shape index (κ2) is 11.3. The van der Waals surface area contributed by atoms with Gasteiger partial charge in [0.1, 0.15) is 5.00 Å². The van der Waals surface area contributed by atoms with E-state index in [0.717, 1.165) is 46.1 Å². The number of rotatable bonds is 7. The van der Waals surface area contributed by atoms with Crippen LogP contribution < -0.4 is 4.90 Å². The smallest absolute Gasteiger partial charge is 0.363 e. The summed E-state index contributed by atoms with van der Waals surface area (Å²) in [6.07, 6.45) is -2.03. The van der Waals surface area contributed by atoms with E-state index in [1.165, 1.54) is 17.8 Å². The molecule has 1 aliphatic heterocycles. The number of aryl methyl sites for hydroxylation is 1. The number of hydrogen-bond acceptors (Lipinski definition) is 10. The van der Waals surface area contributed by atoms with Gasteiger partial charge < -0.3 is 4.90 Å². The Labute approximate surface area is 224 Å². The number of azo groups is 3. The third kappa shape index (κ3) is 6.53. The molecular weight excluding hydrogens is 533 g/mol. The second-order valence-corrected chi connectivity index (χ2v) is 10.3. The highest BCUT2D eigenvalue weighted by atomic mass is 32.1. The lowest BCUT2D eigenvalue weighted by Crippen LogP contribution is -2.15. The predicted octanol–water partition coefficient (Wildman–Crippen LogP) is 10.4. The molecule has 38 heavy (non-hydrogen) atoms. The van der Waals surface area contributed by atoms with Gasteiger partial charge in [0.25, 0.3) is 0 Å². The van der Waals surface area contributed by atoms with Crippen LogP contribution in [0.5, 0.6) is 0 Å². The van der Waals surface area contributed by atoms with Crippen LogP contribution in [0.2, 0.25) is 0 Å². The van der Waals surface area contributed by atoms with Gasteiger partial charge in [-0.25, -0.2) is 4.98 Å². The topological polar surface area (TPSA) is 90.3 Å². The van der Waals surface area contributed by atoms with Crippen molar-refractivity contribution < 1.29 is 13.2 Å². The minimum Gasteiger partial charge on any atom is -0.363 e. The zero-order chi connectivity index (χ0) is 26.5. The summed E-state index contributed by atoms with van der Waals surface area (Å²) in [7, 11) is 0. The Bertz CT molecular complexity index is 1480. The minimum atomic E-state index is -4.50. The molecule has 1 fully saturated rings. The first-order chi connectivity index (χ1) is 18.3. The van der Waals surface area contributed by atoms with Gasteiger partial charge in [-0.15, -0.1) is 31.8 Å². The molecular formula is C25H21F3N8S2. The van der Waals surface area contributed by atoms with Crippen molar-refractivity contribution >= 4 is 60.6 Å². The van der Waals surface area contributed by atoms with Gasteiger partial charge in [-0.1, -0.05) is 11.3 Å². The molecule has 13 heteroatoms. The van der Waals surface area contributed by atoms with E-state index >= 15 is 0 Å². The molecule has 0 aliphatic carbocycles. The van der Waals surface area contributed by atoms with Crippen LogP contribution in [0.1, 0.15) is 24.1 Å². The molecule has 0 unspecified atom stereocenters. The van der Waals surface area contributed by atoms with Gasteiger partial charge in [0.15, 0.2) is 5.69 Å². The normalized spacial score (nSPS) is 14.6. The van der Waals surface area contributed by atoms with Crippen LogP contribution in [-0.2, 0) is 6.18 Å². The lowest BCUT2D eigenvalue weighted by molar-refractivity contribution is -0.140. The lowest BCUT2D eigenvalue weighted by Gasteiger charge is -2.13. The SMILES string of the molecule is Cc1cc(/N=N/c2ccc(N3CCCC3)s2)ccc1/N=N/c1ccc(/N=N/c2nc(C(F)(F)F)cs2)cc1. The summed E-state index contributed by atoms with van der Waals surface area (Å²) in [6, 6.07) is 16.3. The fourth-order valence-corrected chi connectivity index (χ4v) is 5.16. The molecule has 0 N–H and O–H groups in total. The van der Waals surface area contributed by atoms with Crippen molar-refractivity contribution in [3.8, 4) is 0 Å². The van der Waals surface area contributed by atoms with Crippen molar-refractivity contribution in [3.05, 3.63) is 71.2 Å². The number of aromatic nitrogens is 1. The van der Waals surface area contributed by atoms with Crippen LogP contribution >= 0.6 is 22.7 Å². The van der Waals surface area contributed by atoms with E-state index in [1.807, 2.05) is 31.2 Å². The predicted molar refractivity (Wildman–Crippen MR) is 143 cm³/mol. The summed E-state index contributed by atoms with van der Waals surface area (Å²) < 4.78 is 37.9. The fraction of sp³-hybridized carbons (Fsp3) is 0.240. The Hall–Kier alpha value is -3.84. The maximum atomic E-state index is 12.6. The lowest BCUT2D eigenvalue weighted by atomic mass is 10.2. The molecule has 0 saturated carbocycles. The van der Waals surface area contributed by atoms with E-state index < -0.39 is 11.9 Å². The monoisotopic (exact) mass is 554 g/mol. The molecule has 0 spiro atoms. The Kier molecular flexibility index (Phi) is 7.65. The number of alkyl halides is 3. The highest BCUT2D eigenvalue weighted by Crippen LogP contribution is 2.36. The molecule has 2 aromatic carbocycles. The van der Waals surface area contributed by atoms with Crippen molar-refractivity contribution in [2.24, 2.45) is 30.7 Å². The average molecular weight is 555 g/mol. The van der Waals surface area contributed by atoms with Crippen LogP contribution in [0.4, 0.5) is 51.1 Å². The van der Waals surface area contributed by atoms with Crippen molar-refractivity contribution in [2.75, 3.05) is 18.0 Å². The Balaban J connectivity index is 1.19. The Morgan fingerprint density at radius 2 is 1.45 bits per heavy atom. The van der Waals surface area contributed by atoms with E-state index in [2.05, 4.69) is 46.6 Å². The molecule has 0 atom stereocenters. The molecule has 5 rings (SSSR count). The standard InChI is InChI=1S/C25H21F3N8S2/c1-16-14-19(32-34-22-10-11-23(38-22)36-12-2-3-13-36)8-9-20(16)33-30-17-4-6-18(7-5-17)31-35-24-29-21(15-37-24)25(26,27)28/h4-11,14-15H,2-3,12-13H2,1H3/b33-30+,34-32+,35-31+. The van der Waals surface area contributed by atoms with Gasteiger partial charge in [-0.2, -0.15) is 23.4 Å². The molecule has 2 aromatic heterocycles. The summed E-state index contributed by atoms with van der Waals surface area (Å²) in [6.45, 7) is 4.13. The summed E-state index contributed by atoms with van der Waals surface area (Å²) in [5.41, 5.74) is 2.40. The zero-order valence-electron chi connectivity index (χ0n) is 20.1. The van der Waals surface area contributed by atoms with Crippen molar-refractivity contribution in [2.45, 2.75) is 25.9 Å². The van der Waals surface area contributed by atoms with E-state index in [1.54, 1.807) is 35.6 Å². The van der Waals surface area contributed by atoms with E-state index in [9.17, 15) is 13.2 Å². The maximum absolute atomic E-state index is 12.6. The number of thiophene rings is 1. The first-order valence-corrected chi connectivity index (χ1v) is 13.4. The van der Waals surface area contributed by atoms with Crippen molar-refractivity contribution in [1.82, 2.24) is 4.98 Å². The number of benzene rings is 2. The Morgan fingerprint density at radius 3 is 2.11 bits per heavy atom. The number of anilines is 1. The highest BCUT2D eigenvalue weighted by Gasteiger charge is 2.33.